The van der Waals surface area contributed by atoms with E-state index in [0.717, 1.165) is 39.1 Å². The molecule has 0 aliphatic rings. The van der Waals surface area contributed by atoms with Gasteiger partial charge in [-0.05, 0) is 38.4 Å². The third kappa shape index (κ3) is 8.22. The molecule has 0 rings (SSSR count). The minimum atomic E-state index is 0.208. The van der Waals surface area contributed by atoms with Gasteiger partial charge in [-0.3, -0.25) is 4.90 Å². The Morgan fingerprint density at radius 3 is 2.37 bits per heavy atom. The van der Waals surface area contributed by atoms with Crippen LogP contribution in [0.3, 0.4) is 0 Å². The van der Waals surface area contributed by atoms with Crippen molar-refractivity contribution >= 4 is 0 Å². The molecule has 2 heteroatoms. The summed E-state index contributed by atoms with van der Waals surface area (Å²) in [6.45, 7) is 16.6. The average molecular weight is 267 g/mol. The lowest BCUT2D eigenvalue weighted by molar-refractivity contribution is 0.0841. The molecule has 19 heavy (non-hydrogen) atoms. The van der Waals surface area contributed by atoms with E-state index < -0.39 is 0 Å². The second-order valence-corrected chi connectivity index (χ2v) is 4.85. The Balaban J connectivity index is 4.77. The van der Waals surface area contributed by atoms with Crippen molar-refractivity contribution in [3.63, 3.8) is 0 Å². The first-order valence-electron chi connectivity index (χ1n) is 7.87. The van der Waals surface area contributed by atoms with Crippen molar-refractivity contribution < 1.29 is 4.74 Å². The van der Waals surface area contributed by atoms with Gasteiger partial charge in [0.2, 0.25) is 0 Å². The predicted octanol–water partition coefficient (Wildman–Crippen LogP) is 4.43. The predicted molar refractivity (Wildman–Crippen MR) is 85.6 cm³/mol. The first-order valence-corrected chi connectivity index (χ1v) is 7.87. The Morgan fingerprint density at radius 1 is 1.21 bits per heavy atom. The van der Waals surface area contributed by atoms with Gasteiger partial charge in [0.05, 0.1) is 6.10 Å². The molecule has 112 valence electrons. The number of hydrogen-bond acceptors (Lipinski definition) is 2. The highest BCUT2D eigenvalue weighted by atomic mass is 16.5. The normalized spacial score (nSPS) is 13.8. The summed E-state index contributed by atoms with van der Waals surface area (Å²) in [6, 6.07) is 0. The molecule has 0 N–H and O–H groups in total. The molecule has 0 aliphatic carbocycles. The molecular formula is C17H33NO. The van der Waals surface area contributed by atoms with Crippen LogP contribution in [0.1, 0.15) is 53.4 Å². The van der Waals surface area contributed by atoms with Crippen molar-refractivity contribution in [2.24, 2.45) is 0 Å². The van der Waals surface area contributed by atoms with E-state index in [1.165, 1.54) is 18.4 Å². The maximum atomic E-state index is 5.90. The van der Waals surface area contributed by atoms with Crippen LogP contribution in [-0.4, -0.2) is 37.2 Å². The number of likely N-dealkylation sites (N-methyl/N-ethyl adjacent to an activating group) is 1. The van der Waals surface area contributed by atoms with Crippen LogP contribution < -0.4 is 0 Å². The Morgan fingerprint density at radius 2 is 1.89 bits per heavy atom. The highest BCUT2D eigenvalue weighted by Gasteiger charge is 2.15. The van der Waals surface area contributed by atoms with Crippen LogP contribution in [0, 0.1) is 0 Å². The minimum Gasteiger partial charge on any atom is -0.374 e. The summed E-state index contributed by atoms with van der Waals surface area (Å²) in [4.78, 5) is 2.45. The topological polar surface area (TPSA) is 12.5 Å². The maximum absolute atomic E-state index is 5.90. The van der Waals surface area contributed by atoms with Gasteiger partial charge >= 0.3 is 0 Å². The number of allylic oxidation sites excluding steroid dienone is 1. The Hall–Kier alpha value is -0.600. The summed E-state index contributed by atoms with van der Waals surface area (Å²) < 4.78 is 5.90. The SMILES string of the molecule is C=CCC(OCC)/C(=C\CCCC)CN(CC)CC. The van der Waals surface area contributed by atoms with Crippen LogP contribution in [0.2, 0.25) is 0 Å². The number of nitrogens with zero attached hydrogens (tertiary/aromatic N) is 1. The molecule has 0 amide bonds. The zero-order chi connectivity index (χ0) is 14.5. The van der Waals surface area contributed by atoms with Crippen molar-refractivity contribution in [1.29, 1.82) is 0 Å². The summed E-state index contributed by atoms with van der Waals surface area (Å²) in [5.74, 6) is 0. The van der Waals surface area contributed by atoms with E-state index in [4.69, 9.17) is 4.74 Å². The second kappa shape index (κ2) is 12.4. The van der Waals surface area contributed by atoms with Crippen LogP contribution in [0.5, 0.6) is 0 Å². The van der Waals surface area contributed by atoms with Gasteiger partial charge in [0.25, 0.3) is 0 Å². The van der Waals surface area contributed by atoms with Crippen molar-refractivity contribution in [3.05, 3.63) is 24.3 Å². The van der Waals surface area contributed by atoms with Crippen molar-refractivity contribution in [2.45, 2.75) is 59.5 Å². The average Bonchev–Trinajstić information content (AvgIpc) is 2.42. The third-order valence-electron chi connectivity index (χ3n) is 3.43. The highest BCUT2D eigenvalue weighted by Crippen LogP contribution is 2.15. The Bertz CT molecular complexity index is 244. The van der Waals surface area contributed by atoms with E-state index in [2.05, 4.69) is 45.2 Å². The number of rotatable bonds is 12. The van der Waals surface area contributed by atoms with Gasteiger partial charge in [0.1, 0.15) is 0 Å². The van der Waals surface area contributed by atoms with Gasteiger partial charge in [-0.1, -0.05) is 45.8 Å². The van der Waals surface area contributed by atoms with E-state index in [1.54, 1.807) is 0 Å². The van der Waals surface area contributed by atoms with Gasteiger partial charge in [0, 0.05) is 13.2 Å². The second-order valence-electron chi connectivity index (χ2n) is 4.85. The molecule has 0 saturated heterocycles. The zero-order valence-corrected chi connectivity index (χ0v) is 13.5. The fraction of sp³-hybridized carbons (Fsp3) is 0.765. The highest BCUT2D eigenvalue weighted by molar-refractivity contribution is 5.12. The molecule has 1 atom stereocenters. The molecule has 0 aliphatic heterocycles. The van der Waals surface area contributed by atoms with Crippen molar-refractivity contribution in [1.82, 2.24) is 4.90 Å². The number of hydrogen-bond donors (Lipinski definition) is 0. The lowest BCUT2D eigenvalue weighted by atomic mass is 10.0. The molecule has 0 bridgehead atoms. The summed E-state index contributed by atoms with van der Waals surface area (Å²) in [6.07, 6.45) is 9.15. The van der Waals surface area contributed by atoms with Crippen LogP contribution >= 0.6 is 0 Å². The van der Waals surface area contributed by atoms with E-state index in [9.17, 15) is 0 Å². The largest absolute Gasteiger partial charge is 0.374 e. The van der Waals surface area contributed by atoms with Gasteiger partial charge in [-0.25, -0.2) is 0 Å². The third-order valence-corrected chi connectivity index (χ3v) is 3.43. The molecule has 2 nitrogen and oxygen atoms in total. The van der Waals surface area contributed by atoms with Crippen LogP contribution in [0.25, 0.3) is 0 Å². The van der Waals surface area contributed by atoms with Crippen molar-refractivity contribution in [2.75, 3.05) is 26.2 Å². The van der Waals surface area contributed by atoms with Gasteiger partial charge < -0.3 is 4.74 Å². The summed E-state index contributed by atoms with van der Waals surface area (Å²) in [7, 11) is 0. The quantitative estimate of drug-likeness (QED) is 0.383. The molecule has 0 spiro atoms. The maximum Gasteiger partial charge on any atom is 0.0831 e. The Labute approximate surface area is 120 Å². The molecule has 0 aromatic heterocycles. The first-order chi connectivity index (χ1) is 9.23. The molecule has 0 aromatic rings. The van der Waals surface area contributed by atoms with Crippen LogP contribution in [0.4, 0.5) is 0 Å². The van der Waals surface area contributed by atoms with E-state index >= 15 is 0 Å². The monoisotopic (exact) mass is 267 g/mol. The number of unbranched alkanes of at least 4 members (excludes halogenated alkanes) is 2. The molecule has 0 fully saturated rings. The van der Waals surface area contributed by atoms with E-state index in [0.29, 0.717) is 0 Å². The van der Waals surface area contributed by atoms with E-state index in [-0.39, 0.29) is 6.10 Å². The summed E-state index contributed by atoms with van der Waals surface area (Å²) >= 11 is 0. The molecule has 0 saturated carbocycles. The van der Waals surface area contributed by atoms with Crippen molar-refractivity contribution in [3.8, 4) is 0 Å². The molecular weight excluding hydrogens is 234 g/mol. The lowest BCUT2D eigenvalue weighted by Gasteiger charge is -2.25. The smallest absolute Gasteiger partial charge is 0.0831 e. The summed E-state index contributed by atoms with van der Waals surface area (Å²) in [5, 5.41) is 0. The lowest BCUT2D eigenvalue weighted by Crippen LogP contribution is -2.30. The van der Waals surface area contributed by atoms with E-state index in [1.807, 2.05) is 6.08 Å². The fourth-order valence-electron chi connectivity index (χ4n) is 2.17. The summed E-state index contributed by atoms with van der Waals surface area (Å²) in [5.41, 5.74) is 1.43. The molecule has 1 unspecified atom stereocenters. The zero-order valence-electron chi connectivity index (χ0n) is 13.5. The van der Waals surface area contributed by atoms with Gasteiger partial charge in [0.15, 0.2) is 0 Å². The minimum absolute atomic E-state index is 0.208. The Kier molecular flexibility index (Phi) is 12.0. The number of ether oxygens (including phenoxy) is 1. The molecule has 0 heterocycles. The first kappa shape index (κ1) is 18.4. The van der Waals surface area contributed by atoms with Gasteiger partial charge in [-0.2, -0.15) is 0 Å². The molecule has 0 radical (unpaired) electrons. The standard InChI is InChI=1S/C17H33NO/c1-6-11-12-14-16(15-18(8-3)9-4)17(13-7-2)19-10-5/h7,14,17H,2,6,8-13,15H2,1,3-5H3/b16-14-. The van der Waals surface area contributed by atoms with Crippen LogP contribution in [-0.2, 0) is 4.74 Å². The van der Waals surface area contributed by atoms with Crippen LogP contribution in [0.15, 0.2) is 24.3 Å². The molecule has 0 aromatic carbocycles. The van der Waals surface area contributed by atoms with Gasteiger partial charge in [-0.15, -0.1) is 6.58 Å². The fourth-order valence-corrected chi connectivity index (χ4v) is 2.17.